The number of rotatable bonds is 7. The fourth-order valence-corrected chi connectivity index (χ4v) is 3.02. The molecule has 1 aliphatic rings. The van der Waals surface area contributed by atoms with Crippen LogP contribution < -0.4 is 5.32 Å². The minimum absolute atomic E-state index is 0.133. The van der Waals surface area contributed by atoms with Crippen molar-refractivity contribution in [1.82, 2.24) is 15.5 Å². The molecule has 1 fully saturated rings. The first-order valence-corrected chi connectivity index (χ1v) is 8.50. The van der Waals surface area contributed by atoms with Crippen molar-refractivity contribution in [3.63, 3.8) is 0 Å². The van der Waals surface area contributed by atoms with E-state index in [4.69, 9.17) is 4.74 Å². The molecule has 1 aromatic rings. The Balaban J connectivity index is 1.68. The van der Waals surface area contributed by atoms with E-state index in [0.29, 0.717) is 36.8 Å². The summed E-state index contributed by atoms with van der Waals surface area (Å²) in [5, 5.41) is 9.87. The molecule has 0 saturated heterocycles. The maximum Gasteiger partial charge on any atom is 0.271 e. The standard InChI is InChI=1S/C17H29N3O2/c1-12(2)10-14-11-15(20-19-14)17(21)18-8-9-22-16-7-5-4-6-13(16)3/h11-13,16H,4-10H2,1-3H3,(H,18,21)(H,19,20). The highest BCUT2D eigenvalue weighted by Gasteiger charge is 2.21. The van der Waals surface area contributed by atoms with Gasteiger partial charge >= 0.3 is 0 Å². The number of hydrogen-bond acceptors (Lipinski definition) is 3. The Labute approximate surface area is 133 Å². The van der Waals surface area contributed by atoms with Crippen molar-refractivity contribution in [2.24, 2.45) is 11.8 Å². The summed E-state index contributed by atoms with van der Waals surface area (Å²) >= 11 is 0. The van der Waals surface area contributed by atoms with Crippen molar-refractivity contribution in [2.75, 3.05) is 13.2 Å². The molecule has 2 unspecified atom stereocenters. The van der Waals surface area contributed by atoms with Gasteiger partial charge in [0.2, 0.25) is 0 Å². The molecule has 2 N–H and O–H groups in total. The summed E-state index contributed by atoms with van der Waals surface area (Å²) in [6.07, 6.45) is 6.23. The number of carbonyl (C=O) groups excluding carboxylic acids is 1. The molecule has 0 bridgehead atoms. The van der Waals surface area contributed by atoms with Gasteiger partial charge in [-0.1, -0.05) is 33.6 Å². The maximum absolute atomic E-state index is 12.0. The highest BCUT2D eigenvalue weighted by Crippen LogP contribution is 2.25. The van der Waals surface area contributed by atoms with E-state index in [2.05, 4.69) is 36.3 Å². The third kappa shape index (κ3) is 5.13. The van der Waals surface area contributed by atoms with Crippen LogP contribution >= 0.6 is 0 Å². The Morgan fingerprint density at radius 1 is 1.45 bits per heavy atom. The van der Waals surface area contributed by atoms with Crippen molar-refractivity contribution in [2.45, 2.75) is 59.0 Å². The molecule has 0 radical (unpaired) electrons. The second-order valence-corrected chi connectivity index (χ2v) is 6.80. The number of aromatic amines is 1. The lowest BCUT2D eigenvalue weighted by Crippen LogP contribution is -2.32. The van der Waals surface area contributed by atoms with Crippen LogP contribution in [0.4, 0.5) is 0 Å². The number of aromatic nitrogens is 2. The van der Waals surface area contributed by atoms with Gasteiger partial charge in [0.15, 0.2) is 0 Å². The van der Waals surface area contributed by atoms with Crippen LogP contribution in [0.15, 0.2) is 6.07 Å². The molecule has 0 aromatic carbocycles. The summed E-state index contributed by atoms with van der Waals surface area (Å²) in [5.41, 5.74) is 1.47. The monoisotopic (exact) mass is 307 g/mol. The van der Waals surface area contributed by atoms with Crippen LogP contribution in [0.2, 0.25) is 0 Å². The quantitative estimate of drug-likeness (QED) is 0.761. The average Bonchev–Trinajstić information content (AvgIpc) is 2.93. The molecule has 1 aliphatic carbocycles. The zero-order valence-electron chi connectivity index (χ0n) is 14.0. The fourth-order valence-electron chi connectivity index (χ4n) is 3.02. The summed E-state index contributed by atoms with van der Waals surface area (Å²) in [4.78, 5) is 12.0. The van der Waals surface area contributed by atoms with E-state index in [0.717, 1.165) is 18.5 Å². The molecule has 124 valence electrons. The number of nitrogens with zero attached hydrogens (tertiary/aromatic N) is 1. The largest absolute Gasteiger partial charge is 0.376 e. The highest BCUT2D eigenvalue weighted by atomic mass is 16.5. The number of hydrogen-bond donors (Lipinski definition) is 2. The first kappa shape index (κ1) is 17.0. The van der Waals surface area contributed by atoms with Crippen LogP contribution in [0, 0.1) is 11.8 Å². The lowest BCUT2D eigenvalue weighted by atomic mass is 9.88. The second-order valence-electron chi connectivity index (χ2n) is 6.80. The number of H-pyrrole nitrogens is 1. The third-order valence-corrected chi connectivity index (χ3v) is 4.24. The van der Waals surface area contributed by atoms with Gasteiger partial charge < -0.3 is 10.1 Å². The molecular formula is C17H29N3O2. The predicted molar refractivity (Wildman–Crippen MR) is 86.8 cm³/mol. The van der Waals surface area contributed by atoms with Gasteiger partial charge in [0.25, 0.3) is 5.91 Å². The number of amides is 1. The van der Waals surface area contributed by atoms with Gasteiger partial charge in [-0.2, -0.15) is 5.10 Å². The van der Waals surface area contributed by atoms with Crippen LogP contribution in [-0.2, 0) is 11.2 Å². The second kappa shape index (κ2) is 8.32. The zero-order valence-corrected chi connectivity index (χ0v) is 14.0. The van der Waals surface area contributed by atoms with Crippen molar-refractivity contribution in [1.29, 1.82) is 0 Å². The van der Waals surface area contributed by atoms with Crippen molar-refractivity contribution < 1.29 is 9.53 Å². The van der Waals surface area contributed by atoms with E-state index in [9.17, 15) is 4.79 Å². The molecule has 1 amide bonds. The summed E-state index contributed by atoms with van der Waals surface area (Å²) in [6.45, 7) is 7.65. The number of carbonyl (C=O) groups is 1. The topological polar surface area (TPSA) is 67.0 Å². The van der Waals surface area contributed by atoms with E-state index in [1.807, 2.05) is 6.07 Å². The van der Waals surface area contributed by atoms with Crippen LogP contribution in [-0.4, -0.2) is 35.4 Å². The van der Waals surface area contributed by atoms with Gasteiger partial charge in [-0.3, -0.25) is 9.89 Å². The predicted octanol–water partition coefficient (Wildman–Crippen LogP) is 2.93. The maximum atomic E-state index is 12.0. The van der Waals surface area contributed by atoms with Crippen LogP contribution in [0.3, 0.4) is 0 Å². The van der Waals surface area contributed by atoms with Gasteiger partial charge in [-0.25, -0.2) is 0 Å². The smallest absolute Gasteiger partial charge is 0.271 e. The molecule has 1 saturated carbocycles. The Bertz CT molecular complexity index is 470. The van der Waals surface area contributed by atoms with E-state index in [1.54, 1.807) is 0 Å². The number of ether oxygens (including phenoxy) is 1. The average molecular weight is 307 g/mol. The minimum atomic E-state index is -0.133. The highest BCUT2D eigenvalue weighted by molar-refractivity contribution is 5.92. The molecule has 2 atom stereocenters. The summed E-state index contributed by atoms with van der Waals surface area (Å²) in [6, 6.07) is 1.83. The normalized spacial score (nSPS) is 22.0. The van der Waals surface area contributed by atoms with Gasteiger partial charge in [-0.15, -0.1) is 0 Å². The van der Waals surface area contributed by atoms with Crippen LogP contribution in [0.25, 0.3) is 0 Å². The Hall–Kier alpha value is -1.36. The summed E-state index contributed by atoms with van der Waals surface area (Å²) in [5.74, 6) is 1.04. The summed E-state index contributed by atoms with van der Waals surface area (Å²) in [7, 11) is 0. The molecule has 5 heteroatoms. The Morgan fingerprint density at radius 2 is 2.23 bits per heavy atom. The third-order valence-electron chi connectivity index (χ3n) is 4.24. The minimum Gasteiger partial charge on any atom is -0.376 e. The van der Waals surface area contributed by atoms with Crippen LogP contribution in [0.1, 0.15) is 62.6 Å². The Morgan fingerprint density at radius 3 is 2.95 bits per heavy atom. The molecule has 1 aromatic heterocycles. The van der Waals surface area contributed by atoms with Crippen molar-refractivity contribution in [3.8, 4) is 0 Å². The lowest BCUT2D eigenvalue weighted by molar-refractivity contribution is -0.00295. The molecule has 1 heterocycles. The van der Waals surface area contributed by atoms with E-state index >= 15 is 0 Å². The number of nitrogens with one attached hydrogen (secondary N) is 2. The van der Waals surface area contributed by atoms with Crippen molar-refractivity contribution >= 4 is 5.91 Å². The Kier molecular flexibility index (Phi) is 6.43. The molecule has 22 heavy (non-hydrogen) atoms. The molecule has 0 aliphatic heterocycles. The fraction of sp³-hybridized carbons (Fsp3) is 0.765. The van der Waals surface area contributed by atoms with E-state index < -0.39 is 0 Å². The van der Waals surface area contributed by atoms with Gasteiger partial charge in [0.05, 0.1) is 12.7 Å². The molecular weight excluding hydrogens is 278 g/mol. The summed E-state index contributed by atoms with van der Waals surface area (Å²) < 4.78 is 5.90. The van der Waals surface area contributed by atoms with Crippen LogP contribution in [0.5, 0.6) is 0 Å². The lowest BCUT2D eigenvalue weighted by Gasteiger charge is -2.28. The van der Waals surface area contributed by atoms with Gasteiger partial charge in [0.1, 0.15) is 5.69 Å². The molecule has 5 nitrogen and oxygen atoms in total. The van der Waals surface area contributed by atoms with E-state index in [1.165, 1.54) is 19.3 Å². The van der Waals surface area contributed by atoms with Crippen molar-refractivity contribution in [3.05, 3.63) is 17.5 Å². The van der Waals surface area contributed by atoms with Gasteiger partial charge in [0, 0.05) is 12.2 Å². The SMILES string of the molecule is CC(C)Cc1cc(C(=O)NCCOC2CCCCC2C)n[nH]1. The zero-order chi connectivity index (χ0) is 15.9. The van der Waals surface area contributed by atoms with E-state index in [-0.39, 0.29) is 5.91 Å². The van der Waals surface area contributed by atoms with Gasteiger partial charge in [-0.05, 0) is 37.2 Å². The first-order valence-electron chi connectivity index (χ1n) is 8.50. The molecule has 0 spiro atoms. The molecule has 2 rings (SSSR count). The first-order chi connectivity index (χ1) is 10.6.